The van der Waals surface area contributed by atoms with Gasteiger partial charge in [-0.1, -0.05) is 30.3 Å². The van der Waals surface area contributed by atoms with E-state index in [9.17, 15) is 5.11 Å². The lowest BCUT2D eigenvalue weighted by Gasteiger charge is -2.16. The molecule has 0 spiro atoms. The molecule has 1 aliphatic heterocycles. The summed E-state index contributed by atoms with van der Waals surface area (Å²) in [5, 5.41) is 13.0. The van der Waals surface area contributed by atoms with Crippen LogP contribution in [0.5, 0.6) is 5.75 Å². The third kappa shape index (κ3) is 3.54. The van der Waals surface area contributed by atoms with Crippen LogP contribution in [0.15, 0.2) is 67.0 Å². The van der Waals surface area contributed by atoms with E-state index in [1.165, 1.54) is 11.1 Å². The second-order valence-corrected chi connectivity index (χ2v) is 6.64. The fourth-order valence-electron chi connectivity index (χ4n) is 3.31. The SMILES string of the molecule is Cc1cc(O)ccc1NC1CC(c2ccc(-c3cccnc3)cc2)NN1. The van der Waals surface area contributed by atoms with Crippen molar-refractivity contribution in [1.82, 2.24) is 15.8 Å². The number of rotatable bonds is 4. The maximum Gasteiger partial charge on any atom is 0.115 e. The molecule has 5 heteroatoms. The molecule has 0 radical (unpaired) electrons. The first-order valence-electron chi connectivity index (χ1n) is 8.76. The summed E-state index contributed by atoms with van der Waals surface area (Å²) in [4.78, 5) is 4.18. The standard InChI is InChI=1S/C21H22N4O/c1-14-11-18(26)8-9-19(14)23-21-12-20(24-25-21)16-6-4-15(5-7-16)17-3-2-10-22-13-17/h2-11,13,20-21,23-26H,12H2,1H3. The van der Waals surface area contributed by atoms with Crippen molar-refractivity contribution < 1.29 is 5.11 Å². The lowest BCUT2D eigenvalue weighted by molar-refractivity contribution is 0.475. The fraction of sp³-hybridized carbons (Fsp3) is 0.190. The van der Waals surface area contributed by atoms with Gasteiger partial charge in [-0.25, -0.2) is 10.9 Å². The third-order valence-corrected chi connectivity index (χ3v) is 4.75. The molecule has 26 heavy (non-hydrogen) atoms. The first-order valence-corrected chi connectivity index (χ1v) is 8.76. The Hall–Kier alpha value is -2.89. The van der Waals surface area contributed by atoms with Crippen LogP contribution in [0, 0.1) is 6.92 Å². The minimum Gasteiger partial charge on any atom is -0.508 e. The van der Waals surface area contributed by atoms with Gasteiger partial charge in [-0.05, 0) is 53.4 Å². The van der Waals surface area contributed by atoms with E-state index < -0.39 is 0 Å². The van der Waals surface area contributed by atoms with Crippen molar-refractivity contribution in [2.45, 2.75) is 25.6 Å². The summed E-state index contributed by atoms with van der Waals surface area (Å²) < 4.78 is 0. The van der Waals surface area contributed by atoms with Crippen LogP contribution in [-0.2, 0) is 0 Å². The number of nitrogens with zero attached hydrogens (tertiary/aromatic N) is 1. The zero-order valence-corrected chi connectivity index (χ0v) is 14.6. The smallest absolute Gasteiger partial charge is 0.115 e. The molecule has 0 saturated carbocycles. The van der Waals surface area contributed by atoms with Crippen LogP contribution >= 0.6 is 0 Å². The summed E-state index contributed by atoms with van der Waals surface area (Å²) >= 11 is 0. The molecular formula is C21H22N4O. The third-order valence-electron chi connectivity index (χ3n) is 4.75. The highest BCUT2D eigenvalue weighted by Gasteiger charge is 2.25. The van der Waals surface area contributed by atoms with Gasteiger partial charge in [0.05, 0.1) is 6.17 Å². The van der Waals surface area contributed by atoms with Gasteiger partial charge in [-0.2, -0.15) is 0 Å². The van der Waals surface area contributed by atoms with Gasteiger partial charge < -0.3 is 10.4 Å². The quantitative estimate of drug-likeness (QED) is 0.542. The number of pyridine rings is 1. The molecule has 3 aromatic rings. The molecule has 1 aliphatic rings. The van der Waals surface area contributed by atoms with Crippen molar-refractivity contribution >= 4 is 5.69 Å². The first kappa shape index (κ1) is 16.6. The van der Waals surface area contributed by atoms with Crippen molar-refractivity contribution in [3.8, 4) is 16.9 Å². The van der Waals surface area contributed by atoms with Crippen LogP contribution in [0.25, 0.3) is 11.1 Å². The number of aromatic hydroxyl groups is 1. The number of anilines is 1. The normalized spacial score (nSPS) is 19.4. The fourth-order valence-corrected chi connectivity index (χ4v) is 3.31. The molecule has 2 atom stereocenters. The van der Waals surface area contributed by atoms with Crippen molar-refractivity contribution in [2.75, 3.05) is 5.32 Å². The minimum absolute atomic E-state index is 0.126. The second-order valence-electron chi connectivity index (χ2n) is 6.64. The van der Waals surface area contributed by atoms with E-state index in [0.717, 1.165) is 23.2 Å². The molecular weight excluding hydrogens is 324 g/mol. The van der Waals surface area contributed by atoms with E-state index in [1.807, 2.05) is 25.3 Å². The predicted molar refractivity (Wildman–Crippen MR) is 104 cm³/mol. The summed E-state index contributed by atoms with van der Waals surface area (Å²) in [6.45, 7) is 1.99. The molecule has 4 rings (SSSR count). The summed E-state index contributed by atoms with van der Waals surface area (Å²) in [7, 11) is 0. The monoisotopic (exact) mass is 346 g/mol. The Balaban J connectivity index is 1.42. The van der Waals surface area contributed by atoms with Crippen LogP contribution in [0.4, 0.5) is 5.69 Å². The van der Waals surface area contributed by atoms with E-state index in [2.05, 4.69) is 51.5 Å². The number of phenolic OH excluding ortho intramolecular Hbond substituents is 1. The lowest BCUT2D eigenvalue weighted by atomic mass is 10.0. The van der Waals surface area contributed by atoms with Crippen LogP contribution in [-0.4, -0.2) is 16.3 Å². The van der Waals surface area contributed by atoms with Gasteiger partial charge in [-0.3, -0.25) is 4.98 Å². The predicted octanol–water partition coefficient (Wildman–Crippen LogP) is 3.74. The van der Waals surface area contributed by atoms with E-state index in [-0.39, 0.29) is 18.0 Å². The molecule has 0 bridgehead atoms. The molecule has 132 valence electrons. The van der Waals surface area contributed by atoms with Gasteiger partial charge in [0.15, 0.2) is 0 Å². The molecule has 0 amide bonds. The zero-order chi connectivity index (χ0) is 17.9. The minimum atomic E-state index is 0.126. The number of aryl methyl sites for hydroxylation is 1. The largest absolute Gasteiger partial charge is 0.508 e. The number of hydrogen-bond acceptors (Lipinski definition) is 5. The molecule has 1 fully saturated rings. The summed E-state index contributed by atoms with van der Waals surface area (Å²) in [6, 6.07) is 18.2. The highest BCUT2D eigenvalue weighted by Crippen LogP contribution is 2.27. The Morgan fingerprint density at radius 3 is 2.62 bits per heavy atom. The van der Waals surface area contributed by atoms with Gasteiger partial charge in [0.1, 0.15) is 5.75 Å². The summed E-state index contributed by atoms with van der Waals surface area (Å²) in [6.07, 6.45) is 4.72. The van der Waals surface area contributed by atoms with Crippen LogP contribution in [0.2, 0.25) is 0 Å². The Labute approximate surface area is 153 Å². The molecule has 0 aliphatic carbocycles. The molecule has 4 N–H and O–H groups in total. The van der Waals surface area contributed by atoms with Crippen LogP contribution in [0.3, 0.4) is 0 Å². The Morgan fingerprint density at radius 2 is 1.88 bits per heavy atom. The highest BCUT2D eigenvalue weighted by molar-refractivity contribution is 5.62. The molecule has 5 nitrogen and oxygen atoms in total. The van der Waals surface area contributed by atoms with Crippen LogP contribution < -0.4 is 16.2 Å². The second kappa shape index (κ2) is 7.15. The number of phenols is 1. The van der Waals surface area contributed by atoms with Crippen LogP contribution in [0.1, 0.15) is 23.6 Å². The van der Waals surface area contributed by atoms with E-state index in [4.69, 9.17) is 0 Å². The van der Waals surface area contributed by atoms with Crippen molar-refractivity contribution in [1.29, 1.82) is 0 Å². The summed E-state index contributed by atoms with van der Waals surface area (Å²) in [5.41, 5.74) is 12.3. The average Bonchev–Trinajstić information content (AvgIpc) is 3.14. The zero-order valence-electron chi connectivity index (χ0n) is 14.6. The Kier molecular flexibility index (Phi) is 4.56. The van der Waals surface area contributed by atoms with E-state index in [1.54, 1.807) is 18.3 Å². The van der Waals surface area contributed by atoms with E-state index >= 15 is 0 Å². The average molecular weight is 346 g/mol. The molecule has 1 saturated heterocycles. The Morgan fingerprint density at radius 1 is 1.04 bits per heavy atom. The topological polar surface area (TPSA) is 69.2 Å². The van der Waals surface area contributed by atoms with Crippen molar-refractivity contribution in [3.05, 3.63) is 78.1 Å². The number of benzene rings is 2. The maximum atomic E-state index is 9.53. The van der Waals surface area contributed by atoms with Gasteiger partial charge in [-0.15, -0.1) is 0 Å². The van der Waals surface area contributed by atoms with Gasteiger partial charge in [0, 0.05) is 30.5 Å². The molecule has 2 unspecified atom stereocenters. The van der Waals surface area contributed by atoms with Gasteiger partial charge >= 0.3 is 0 Å². The summed E-state index contributed by atoms with van der Waals surface area (Å²) in [5.74, 6) is 0.289. The first-order chi connectivity index (χ1) is 12.7. The number of aromatic nitrogens is 1. The number of hydrogen-bond donors (Lipinski definition) is 4. The van der Waals surface area contributed by atoms with Crippen molar-refractivity contribution in [2.24, 2.45) is 0 Å². The number of nitrogens with one attached hydrogen (secondary N) is 3. The highest BCUT2D eigenvalue weighted by atomic mass is 16.3. The Bertz CT molecular complexity index is 880. The maximum absolute atomic E-state index is 9.53. The van der Waals surface area contributed by atoms with E-state index in [0.29, 0.717) is 0 Å². The molecule has 1 aromatic heterocycles. The molecule has 2 aromatic carbocycles. The molecule has 2 heterocycles. The van der Waals surface area contributed by atoms with Gasteiger partial charge in [0.25, 0.3) is 0 Å². The van der Waals surface area contributed by atoms with Crippen molar-refractivity contribution in [3.63, 3.8) is 0 Å². The number of hydrazine groups is 1. The lowest BCUT2D eigenvalue weighted by Crippen LogP contribution is -2.36. The van der Waals surface area contributed by atoms with Gasteiger partial charge in [0.2, 0.25) is 0 Å².